The number of allylic oxidation sites excluding steroid dienone is 2. The molecule has 108 valence electrons. The van der Waals surface area contributed by atoms with Crippen LogP contribution in [0.15, 0.2) is 29.8 Å². The van der Waals surface area contributed by atoms with Gasteiger partial charge in [-0.15, -0.1) is 0 Å². The molecule has 1 aliphatic heterocycles. The highest BCUT2D eigenvalue weighted by molar-refractivity contribution is 5.44. The molecule has 0 spiro atoms. The van der Waals surface area contributed by atoms with Crippen molar-refractivity contribution in [3.05, 3.63) is 35.4 Å². The third-order valence-electron chi connectivity index (χ3n) is 4.08. The second kappa shape index (κ2) is 5.88. The zero-order valence-electron chi connectivity index (χ0n) is 12.3. The molecule has 0 aromatic heterocycles. The molecule has 1 N–H and O–H groups in total. The summed E-state index contributed by atoms with van der Waals surface area (Å²) in [5.74, 6) is 3.22. The van der Waals surface area contributed by atoms with E-state index in [9.17, 15) is 0 Å². The summed E-state index contributed by atoms with van der Waals surface area (Å²) in [6.07, 6.45) is 4.94. The molecule has 1 heterocycles. The maximum absolute atomic E-state index is 5.41. The third kappa shape index (κ3) is 3.15. The molecule has 1 aromatic rings. The second-order valence-corrected chi connectivity index (χ2v) is 6.11. The Balaban J connectivity index is 1.49. The second-order valence-electron chi connectivity index (χ2n) is 6.11. The maximum atomic E-state index is 5.41. The van der Waals surface area contributed by atoms with Crippen LogP contribution in [0.2, 0.25) is 0 Å². The van der Waals surface area contributed by atoms with Crippen molar-refractivity contribution in [2.75, 3.05) is 13.3 Å². The first-order valence-electron chi connectivity index (χ1n) is 7.47. The fourth-order valence-electron chi connectivity index (χ4n) is 3.31. The van der Waals surface area contributed by atoms with Gasteiger partial charge in [0.05, 0.1) is 0 Å². The molecule has 0 radical (unpaired) electrons. The Morgan fingerprint density at radius 3 is 2.95 bits per heavy atom. The van der Waals surface area contributed by atoms with Gasteiger partial charge < -0.3 is 14.8 Å². The Hall–Kier alpha value is -1.48. The van der Waals surface area contributed by atoms with Gasteiger partial charge in [-0.25, -0.2) is 0 Å². The smallest absolute Gasteiger partial charge is 0.231 e. The predicted octanol–water partition coefficient (Wildman–Crippen LogP) is 3.50. The van der Waals surface area contributed by atoms with Crippen LogP contribution < -0.4 is 14.8 Å². The summed E-state index contributed by atoms with van der Waals surface area (Å²) in [5.41, 5.74) is 2.80. The Kier molecular flexibility index (Phi) is 3.97. The lowest BCUT2D eigenvalue weighted by atomic mass is 9.84. The number of rotatable bonds is 4. The van der Waals surface area contributed by atoms with Gasteiger partial charge in [0, 0.05) is 6.54 Å². The van der Waals surface area contributed by atoms with Crippen LogP contribution in [0.1, 0.15) is 32.3 Å². The average molecular weight is 273 g/mol. The van der Waals surface area contributed by atoms with E-state index in [1.54, 1.807) is 5.57 Å². The van der Waals surface area contributed by atoms with Gasteiger partial charge in [-0.05, 0) is 55.8 Å². The summed E-state index contributed by atoms with van der Waals surface area (Å²) < 4.78 is 10.7. The van der Waals surface area contributed by atoms with Gasteiger partial charge in [0.15, 0.2) is 11.5 Å². The topological polar surface area (TPSA) is 30.5 Å². The van der Waals surface area contributed by atoms with Crippen LogP contribution in [-0.2, 0) is 6.54 Å². The van der Waals surface area contributed by atoms with Crippen LogP contribution in [0.4, 0.5) is 0 Å². The molecular weight excluding hydrogens is 250 g/mol. The SMILES string of the molecule is CC1=CC(C)CC(CNCc2ccc3c(c2)OCO3)C1. The van der Waals surface area contributed by atoms with Gasteiger partial charge in [-0.2, -0.15) is 0 Å². The molecule has 3 heteroatoms. The largest absolute Gasteiger partial charge is 0.454 e. The lowest BCUT2D eigenvalue weighted by Gasteiger charge is -2.25. The van der Waals surface area contributed by atoms with E-state index in [-0.39, 0.29) is 0 Å². The van der Waals surface area contributed by atoms with E-state index in [0.717, 1.165) is 36.4 Å². The van der Waals surface area contributed by atoms with Gasteiger partial charge in [0.1, 0.15) is 0 Å². The molecule has 0 fully saturated rings. The van der Waals surface area contributed by atoms with Crippen molar-refractivity contribution in [3.63, 3.8) is 0 Å². The van der Waals surface area contributed by atoms with Crippen molar-refractivity contribution in [2.45, 2.75) is 33.2 Å². The van der Waals surface area contributed by atoms with Crippen LogP contribution >= 0.6 is 0 Å². The van der Waals surface area contributed by atoms with Crippen molar-refractivity contribution in [1.82, 2.24) is 5.32 Å². The van der Waals surface area contributed by atoms with Gasteiger partial charge in [0.2, 0.25) is 6.79 Å². The summed E-state index contributed by atoms with van der Waals surface area (Å²) in [6, 6.07) is 6.17. The van der Waals surface area contributed by atoms with Crippen LogP contribution in [0, 0.1) is 11.8 Å². The van der Waals surface area contributed by atoms with Gasteiger partial charge in [-0.3, -0.25) is 0 Å². The predicted molar refractivity (Wildman–Crippen MR) is 79.9 cm³/mol. The first kappa shape index (κ1) is 13.5. The summed E-state index contributed by atoms with van der Waals surface area (Å²) >= 11 is 0. The molecule has 0 saturated heterocycles. The number of nitrogens with one attached hydrogen (secondary N) is 1. The Morgan fingerprint density at radius 1 is 1.25 bits per heavy atom. The summed E-state index contributed by atoms with van der Waals surface area (Å²) in [7, 11) is 0. The molecule has 2 atom stereocenters. The quantitative estimate of drug-likeness (QED) is 0.852. The van der Waals surface area contributed by atoms with E-state index in [1.165, 1.54) is 18.4 Å². The van der Waals surface area contributed by atoms with Crippen LogP contribution in [0.5, 0.6) is 11.5 Å². The monoisotopic (exact) mass is 273 g/mol. The van der Waals surface area contributed by atoms with E-state index >= 15 is 0 Å². The fraction of sp³-hybridized carbons (Fsp3) is 0.529. The molecule has 2 unspecified atom stereocenters. The van der Waals surface area contributed by atoms with Crippen LogP contribution in [0.3, 0.4) is 0 Å². The highest BCUT2D eigenvalue weighted by atomic mass is 16.7. The Bertz CT molecular complexity index is 510. The lowest BCUT2D eigenvalue weighted by Crippen LogP contribution is -2.25. The number of hydrogen-bond donors (Lipinski definition) is 1. The van der Waals surface area contributed by atoms with Crippen molar-refractivity contribution in [3.8, 4) is 11.5 Å². The van der Waals surface area contributed by atoms with Crippen molar-refractivity contribution in [2.24, 2.45) is 11.8 Å². The molecule has 3 rings (SSSR count). The molecular formula is C17H23NO2. The molecule has 0 bridgehead atoms. The van der Waals surface area contributed by atoms with Crippen LogP contribution in [0.25, 0.3) is 0 Å². The number of hydrogen-bond acceptors (Lipinski definition) is 3. The minimum Gasteiger partial charge on any atom is -0.454 e. The molecule has 20 heavy (non-hydrogen) atoms. The maximum Gasteiger partial charge on any atom is 0.231 e. The highest BCUT2D eigenvalue weighted by Crippen LogP contribution is 2.32. The molecule has 2 aliphatic rings. The molecule has 1 aromatic carbocycles. The van der Waals surface area contributed by atoms with E-state index in [2.05, 4.69) is 37.4 Å². The number of fused-ring (bicyclic) bond motifs is 1. The Labute approximate surface area is 121 Å². The first-order chi connectivity index (χ1) is 9.70. The normalized spacial score (nSPS) is 24.6. The van der Waals surface area contributed by atoms with Gasteiger partial charge in [0.25, 0.3) is 0 Å². The van der Waals surface area contributed by atoms with Crippen LogP contribution in [-0.4, -0.2) is 13.3 Å². The van der Waals surface area contributed by atoms with Crippen molar-refractivity contribution in [1.29, 1.82) is 0 Å². The average Bonchev–Trinajstić information content (AvgIpc) is 2.85. The fourth-order valence-corrected chi connectivity index (χ4v) is 3.31. The van der Waals surface area contributed by atoms with E-state index in [1.807, 2.05) is 6.07 Å². The van der Waals surface area contributed by atoms with E-state index < -0.39 is 0 Å². The van der Waals surface area contributed by atoms with Gasteiger partial charge >= 0.3 is 0 Å². The van der Waals surface area contributed by atoms with E-state index in [0.29, 0.717) is 6.79 Å². The number of ether oxygens (including phenoxy) is 2. The number of benzene rings is 1. The minimum atomic E-state index is 0.345. The molecule has 0 saturated carbocycles. The summed E-state index contributed by atoms with van der Waals surface area (Å²) in [5, 5.41) is 3.58. The standard InChI is InChI=1S/C17H23NO2/c1-12-5-13(2)7-15(6-12)10-18-9-14-3-4-16-17(8-14)20-11-19-16/h3-5,8,12,15,18H,6-7,9-11H2,1-2H3. The molecule has 3 nitrogen and oxygen atoms in total. The molecule has 0 amide bonds. The van der Waals surface area contributed by atoms with Crippen molar-refractivity contribution < 1.29 is 9.47 Å². The zero-order chi connectivity index (χ0) is 13.9. The van der Waals surface area contributed by atoms with E-state index in [4.69, 9.17) is 9.47 Å². The third-order valence-corrected chi connectivity index (χ3v) is 4.08. The first-order valence-corrected chi connectivity index (χ1v) is 7.47. The highest BCUT2D eigenvalue weighted by Gasteiger charge is 2.18. The zero-order valence-corrected chi connectivity index (χ0v) is 12.3. The van der Waals surface area contributed by atoms with Crippen molar-refractivity contribution >= 4 is 0 Å². The lowest BCUT2D eigenvalue weighted by molar-refractivity contribution is 0.174. The summed E-state index contributed by atoms with van der Waals surface area (Å²) in [4.78, 5) is 0. The minimum absolute atomic E-state index is 0.345. The summed E-state index contributed by atoms with van der Waals surface area (Å²) in [6.45, 7) is 6.89. The molecule has 1 aliphatic carbocycles. The van der Waals surface area contributed by atoms with Gasteiger partial charge in [-0.1, -0.05) is 24.6 Å². The Morgan fingerprint density at radius 2 is 2.10 bits per heavy atom.